The Morgan fingerprint density at radius 1 is 0.512 bits per heavy atom. The molecule has 210 valence electrons. The topological polar surface area (TPSA) is 114 Å². The van der Waals surface area contributed by atoms with Crippen LogP contribution in [0.3, 0.4) is 0 Å². The van der Waals surface area contributed by atoms with Gasteiger partial charge in [-0.2, -0.15) is 0 Å². The second-order valence-electron chi connectivity index (χ2n) is 9.73. The van der Waals surface area contributed by atoms with Gasteiger partial charge >= 0.3 is 59.1 Å². The van der Waals surface area contributed by atoms with Crippen molar-refractivity contribution in [2.75, 3.05) is 0 Å². The molecule has 0 radical (unpaired) electrons. The van der Waals surface area contributed by atoms with Gasteiger partial charge in [-0.05, 0) is 58.4 Å². The van der Waals surface area contributed by atoms with E-state index in [1.54, 1.807) is 36.4 Å². The first-order valence-electron chi connectivity index (χ1n) is 13.5. The van der Waals surface area contributed by atoms with Crippen LogP contribution in [0.2, 0.25) is 0 Å². The first kappa shape index (κ1) is 38.2. The summed E-state index contributed by atoms with van der Waals surface area (Å²) in [5, 5.41) is 2.65. The summed E-state index contributed by atoms with van der Waals surface area (Å²) in [6, 6.07) is 21.5. The van der Waals surface area contributed by atoms with Gasteiger partial charge in [-0.1, -0.05) is 119 Å². The van der Waals surface area contributed by atoms with Gasteiger partial charge in [-0.15, -0.1) is 0 Å². The SMILES string of the molecule is CCCCCCc1ccc2ccccc2c1S(=O)(=O)[O-].CCCCCc1ccc2ccccc2c1S(=O)(=O)[O-].[Na+].[Na+]. The number of rotatable bonds is 11. The van der Waals surface area contributed by atoms with E-state index < -0.39 is 20.2 Å². The Balaban J connectivity index is 0.000000391. The number of hydrogen-bond acceptors (Lipinski definition) is 6. The second-order valence-corrected chi connectivity index (χ2v) is 12.4. The summed E-state index contributed by atoms with van der Waals surface area (Å²) in [6.45, 7) is 4.22. The zero-order chi connectivity index (χ0) is 28.5. The third-order valence-electron chi connectivity index (χ3n) is 6.77. The Morgan fingerprint density at radius 2 is 0.878 bits per heavy atom. The average molecular weight is 615 g/mol. The van der Waals surface area contributed by atoms with Crippen molar-refractivity contribution in [1.29, 1.82) is 0 Å². The van der Waals surface area contributed by atoms with E-state index in [9.17, 15) is 25.9 Å². The number of benzene rings is 4. The normalized spacial score (nSPS) is 11.3. The van der Waals surface area contributed by atoms with Crippen LogP contribution in [0.5, 0.6) is 0 Å². The molecule has 0 atom stereocenters. The van der Waals surface area contributed by atoms with Crippen molar-refractivity contribution in [1.82, 2.24) is 0 Å². The molecule has 0 aliphatic rings. The molecule has 0 saturated heterocycles. The Hall–Kier alpha value is -0.780. The maximum atomic E-state index is 11.6. The molecule has 4 aromatic carbocycles. The Labute approximate surface area is 289 Å². The molecule has 0 heterocycles. The van der Waals surface area contributed by atoms with E-state index >= 15 is 0 Å². The molecule has 0 amide bonds. The van der Waals surface area contributed by atoms with Gasteiger partial charge in [-0.25, -0.2) is 16.8 Å². The van der Waals surface area contributed by atoms with Crippen LogP contribution in [-0.4, -0.2) is 25.9 Å². The molecule has 4 rings (SSSR count). The van der Waals surface area contributed by atoms with Crippen molar-refractivity contribution in [2.45, 2.75) is 81.4 Å². The first-order valence-corrected chi connectivity index (χ1v) is 16.3. The monoisotopic (exact) mass is 614 g/mol. The van der Waals surface area contributed by atoms with Crippen molar-refractivity contribution in [3.8, 4) is 0 Å². The minimum absolute atomic E-state index is 0. The Kier molecular flexibility index (Phi) is 16.9. The van der Waals surface area contributed by atoms with Crippen LogP contribution in [0.15, 0.2) is 82.6 Å². The Morgan fingerprint density at radius 3 is 1.27 bits per heavy atom. The summed E-state index contributed by atoms with van der Waals surface area (Å²) >= 11 is 0. The zero-order valence-electron chi connectivity index (χ0n) is 24.6. The van der Waals surface area contributed by atoms with E-state index in [-0.39, 0.29) is 68.9 Å². The molecule has 0 spiro atoms. The quantitative estimate of drug-likeness (QED) is 0.143. The van der Waals surface area contributed by atoms with Gasteiger partial charge in [0.1, 0.15) is 20.2 Å². The smallest absolute Gasteiger partial charge is 0.744 e. The van der Waals surface area contributed by atoms with Crippen molar-refractivity contribution >= 4 is 41.8 Å². The largest absolute Gasteiger partial charge is 1.00 e. The predicted octanol–water partition coefficient (Wildman–Crippen LogP) is 1.35. The van der Waals surface area contributed by atoms with Crippen LogP contribution < -0.4 is 59.1 Å². The fourth-order valence-electron chi connectivity index (χ4n) is 4.87. The second kappa shape index (κ2) is 18.1. The molecule has 0 fully saturated rings. The van der Waals surface area contributed by atoms with Crippen LogP contribution in [0.1, 0.15) is 69.9 Å². The third kappa shape index (κ3) is 11.0. The molecule has 0 saturated carbocycles. The van der Waals surface area contributed by atoms with Gasteiger partial charge in [0.05, 0.1) is 9.79 Å². The zero-order valence-corrected chi connectivity index (χ0v) is 30.2. The van der Waals surface area contributed by atoms with Crippen LogP contribution in [-0.2, 0) is 33.1 Å². The fourth-order valence-corrected chi connectivity index (χ4v) is 6.76. The number of aryl methyl sites for hydroxylation is 2. The number of unbranched alkanes of at least 4 members (excludes halogenated alkanes) is 5. The maximum Gasteiger partial charge on any atom is 1.00 e. The molecule has 0 aliphatic heterocycles. The molecular weight excluding hydrogens is 578 g/mol. The maximum absolute atomic E-state index is 11.6. The summed E-state index contributed by atoms with van der Waals surface area (Å²) in [5.41, 5.74) is 1.29. The van der Waals surface area contributed by atoms with Gasteiger partial charge in [-0.3, -0.25) is 0 Å². The van der Waals surface area contributed by atoms with E-state index in [1.807, 2.05) is 36.4 Å². The summed E-state index contributed by atoms with van der Waals surface area (Å²) in [7, 11) is -8.90. The standard InChI is InChI=1S/C16H20O3S.C15H18O3S.2Na/c1-2-3-4-5-9-14-12-11-13-8-6-7-10-15(13)16(14)20(17,18)19;1-2-3-4-8-13-11-10-12-7-5-6-9-14(12)15(13)19(16,17)18;;/h6-8,10-12H,2-5,9H2,1H3,(H,17,18,19);5-7,9-11H,2-4,8H2,1H3,(H,16,17,18);;/q;;2*+1/p-2. The molecule has 0 N–H and O–H groups in total. The predicted molar refractivity (Wildman–Crippen MR) is 155 cm³/mol. The van der Waals surface area contributed by atoms with Crippen LogP contribution >= 0.6 is 0 Å². The molecule has 10 heteroatoms. The average Bonchev–Trinajstić information content (AvgIpc) is 2.90. The van der Waals surface area contributed by atoms with Crippen LogP contribution in [0.4, 0.5) is 0 Å². The van der Waals surface area contributed by atoms with Gasteiger partial charge in [0.25, 0.3) is 0 Å². The molecule has 0 aromatic heterocycles. The van der Waals surface area contributed by atoms with Gasteiger partial charge < -0.3 is 9.11 Å². The molecular formula is C31H36Na2O6S2. The van der Waals surface area contributed by atoms with E-state index in [4.69, 9.17) is 0 Å². The summed E-state index contributed by atoms with van der Waals surface area (Å²) in [4.78, 5) is -0.0752. The Bertz CT molecular complexity index is 1620. The van der Waals surface area contributed by atoms with E-state index in [0.29, 0.717) is 34.7 Å². The molecule has 6 nitrogen and oxygen atoms in total. The minimum atomic E-state index is -4.45. The first-order chi connectivity index (χ1) is 18.6. The van der Waals surface area contributed by atoms with E-state index in [2.05, 4.69) is 13.8 Å². The summed E-state index contributed by atoms with van der Waals surface area (Å²) in [5.74, 6) is 0. The van der Waals surface area contributed by atoms with E-state index in [0.717, 1.165) is 55.7 Å². The van der Waals surface area contributed by atoms with Gasteiger partial charge in [0.2, 0.25) is 0 Å². The van der Waals surface area contributed by atoms with Gasteiger partial charge in [0, 0.05) is 0 Å². The minimum Gasteiger partial charge on any atom is -0.744 e. The molecule has 0 unspecified atom stereocenters. The number of hydrogen-bond donors (Lipinski definition) is 0. The summed E-state index contributed by atoms with van der Waals surface area (Å²) < 4.78 is 69.4. The van der Waals surface area contributed by atoms with Crippen LogP contribution in [0.25, 0.3) is 21.5 Å². The molecule has 0 bridgehead atoms. The summed E-state index contributed by atoms with van der Waals surface area (Å²) in [6.07, 6.45) is 8.50. The van der Waals surface area contributed by atoms with E-state index in [1.165, 1.54) is 0 Å². The van der Waals surface area contributed by atoms with Crippen LogP contribution in [0, 0.1) is 0 Å². The fraction of sp³-hybridized carbons (Fsp3) is 0.355. The molecule has 41 heavy (non-hydrogen) atoms. The molecule has 4 aromatic rings. The third-order valence-corrected chi connectivity index (χ3v) is 8.74. The van der Waals surface area contributed by atoms with Crippen molar-refractivity contribution in [3.63, 3.8) is 0 Å². The molecule has 0 aliphatic carbocycles. The van der Waals surface area contributed by atoms with Gasteiger partial charge in [0.15, 0.2) is 0 Å². The van der Waals surface area contributed by atoms with Crippen molar-refractivity contribution < 1.29 is 85.1 Å². The van der Waals surface area contributed by atoms with Crippen molar-refractivity contribution in [2.24, 2.45) is 0 Å². The number of fused-ring (bicyclic) bond motifs is 2. The van der Waals surface area contributed by atoms with Crippen molar-refractivity contribution in [3.05, 3.63) is 83.9 Å².